The van der Waals surface area contributed by atoms with Crippen LogP contribution < -0.4 is 21.5 Å². The van der Waals surface area contributed by atoms with Crippen molar-refractivity contribution < 1.29 is 4.74 Å². The van der Waals surface area contributed by atoms with E-state index >= 15 is 0 Å². The van der Waals surface area contributed by atoms with Crippen LogP contribution in [0.2, 0.25) is 0 Å². The fourth-order valence-electron chi connectivity index (χ4n) is 2.31. The lowest BCUT2D eigenvalue weighted by atomic mass is 10.1. The number of hydrogen-bond donors (Lipinski definition) is 3. The molecule has 8 nitrogen and oxygen atoms in total. The van der Waals surface area contributed by atoms with Crippen molar-refractivity contribution in [1.29, 1.82) is 0 Å². The van der Waals surface area contributed by atoms with Crippen LogP contribution in [0, 0.1) is 0 Å². The minimum absolute atomic E-state index is 0.362. The Bertz CT molecular complexity index is 437. The standard InChI is InChI=1S/C13H25N7O/c1-3-5-10(4-2)15-11-16-12(19-14)18-13(17-11)20-6-8-21-9-7-20/h10H,3-9,14H2,1-2H3,(H2,15,16,17,18,19). The molecule has 21 heavy (non-hydrogen) atoms. The molecule has 118 valence electrons. The summed E-state index contributed by atoms with van der Waals surface area (Å²) in [5.74, 6) is 7.04. The predicted octanol–water partition coefficient (Wildman–Crippen LogP) is 0.984. The van der Waals surface area contributed by atoms with E-state index in [1.807, 2.05) is 0 Å². The molecular formula is C13H25N7O. The second-order valence-corrected chi connectivity index (χ2v) is 5.06. The van der Waals surface area contributed by atoms with Crippen molar-refractivity contribution in [3.8, 4) is 0 Å². The van der Waals surface area contributed by atoms with Crippen LogP contribution in [0.5, 0.6) is 0 Å². The molecule has 2 heterocycles. The number of hydrogen-bond acceptors (Lipinski definition) is 8. The monoisotopic (exact) mass is 295 g/mol. The maximum atomic E-state index is 5.47. The van der Waals surface area contributed by atoms with Crippen LogP contribution in [0.25, 0.3) is 0 Å². The average molecular weight is 295 g/mol. The van der Waals surface area contributed by atoms with Crippen LogP contribution in [0.4, 0.5) is 17.8 Å². The van der Waals surface area contributed by atoms with Crippen molar-refractivity contribution in [3.05, 3.63) is 0 Å². The third kappa shape index (κ3) is 4.40. The minimum atomic E-state index is 0.362. The van der Waals surface area contributed by atoms with Gasteiger partial charge in [0.05, 0.1) is 13.2 Å². The predicted molar refractivity (Wildman–Crippen MR) is 83.3 cm³/mol. The Labute approximate surface area is 125 Å². The zero-order chi connectivity index (χ0) is 15.1. The van der Waals surface area contributed by atoms with Gasteiger partial charge in [0.15, 0.2) is 0 Å². The van der Waals surface area contributed by atoms with Crippen LogP contribution in [0.15, 0.2) is 0 Å². The first-order chi connectivity index (χ1) is 10.3. The highest BCUT2D eigenvalue weighted by atomic mass is 16.5. The number of morpholine rings is 1. The molecule has 0 aromatic carbocycles. The van der Waals surface area contributed by atoms with Gasteiger partial charge in [0, 0.05) is 19.1 Å². The van der Waals surface area contributed by atoms with E-state index < -0.39 is 0 Å². The average Bonchev–Trinajstić information content (AvgIpc) is 2.55. The molecule has 8 heteroatoms. The molecule has 1 unspecified atom stereocenters. The molecule has 0 radical (unpaired) electrons. The van der Waals surface area contributed by atoms with Crippen LogP contribution >= 0.6 is 0 Å². The Morgan fingerprint density at radius 3 is 2.52 bits per heavy atom. The van der Waals surface area contributed by atoms with Gasteiger partial charge in [0.25, 0.3) is 0 Å². The van der Waals surface area contributed by atoms with Gasteiger partial charge in [-0.1, -0.05) is 20.3 Å². The van der Waals surface area contributed by atoms with E-state index in [9.17, 15) is 0 Å². The SMILES string of the molecule is CCCC(CC)Nc1nc(NN)nc(N2CCOCC2)n1. The number of aromatic nitrogens is 3. The third-order valence-electron chi connectivity index (χ3n) is 3.51. The lowest BCUT2D eigenvalue weighted by Gasteiger charge is -2.27. The Morgan fingerprint density at radius 2 is 1.90 bits per heavy atom. The van der Waals surface area contributed by atoms with Crippen molar-refractivity contribution in [3.63, 3.8) is 0 Å². The van der Waals surface area contributed by atoms with Crippen LogP contribution in [0.1, 0.15) is 33.1 Å². The molecule has 1 aromatic rings. The van der Waals surface area contributed by atoms with Gasteiger partial charge in [-0.3, -0.25) is 5.43 Å². The number of rotatable bonds is 7. The second-order valence-electron chi connectivity index (χ2n) is 5.06. The van der Waals surface area contributed by atoms with E-state index in [0.717, 1.165) is 32.4 Å². The number of nitrogens with two attached hydrogens (primary N) is 1. The summed E-state index contributed by atoms with van der Waals surface area (Å²) in [5.41, 5.74) is 2.51. The molecule has 0 bridgehead atoms. The van der Waals surface area contributed by atoms with E-state index in [4.69, 9.17) is 10.6 Å². The van der Waals surface area contributed by atoms with Crippen LogP contribution in [-0.2, 0) is 4.74 Å². The van der Waals surface area contributed by atoms with E-state index in [-0.39, 0.29) is 0 Å². The molecular weight excluding hydrogens is 270 g/mol. The van der Waals surface area contributed by atoms with E-state index in [2.05, 4.69) is 44.4 Å². The van der Waals surface area contributed by atoms with Gasteiger partial charge in [-0.15, -0.1) is 0 Å². The third-order valence-corrected chi connectivity index (χ3v) is 3.51. The Morgan fingerprint density at radius 1 is 1.19 bits per heavy atom. The topological polar surface area (TPSA) is 101 Å². The zero-order valence-corrected chi connectivity index (χ0v) is 12.8. The molecule has 1 atom stereocenters. The highest BCUT2D eigenvalue weighted by molar-refractivity contribution is 5.43. The van der Waals surface area contributed by atoms with Crippen molar-refractivity contribution in [2.45, 2.75) is 39.2 Å². The molecule has 0 spiro atoms. The summed E-state index contributed by atoms with van der Waals surface area (Å²) in [6.07, 6.45) is 3.23. The van der Waals surface area contributed by atoms with Crippen LogP contribution in [-0.4, -0.2) is 47.3 Å². The van der Waals surface area contributed by atoms with Gasteiger partial charge >= 0.3 is 0 Å². The maximum Gasteiger partial charge on any atom is 0.243 e. The normalized spacial score (nSPS) is 16.6. The summed E-state index contributed by atoms with van der Waals surface area (Å²) in [5, 5.41) is 3.37. The molecule has 0 aliphatic carbocycles. The first-order valence-electron chi connectivity index (χ1n) is 7.58. The Kier molecular flexibility index (Phi) is 5.94. The van der Waals surface area contributed by atoms with Gasteiger partial charge < -0.3 is 15.0 Å². The van der Waals surface area contributed by atoms with Crippen molar-refractivity contribution in [1.82, 2.24) is 15.0 Å². The molecule has 1 aromatic heterocycles. The fourth-order valence-corrected chi connectivity index (χ4v) is 2.31. The number of ether oxygens (including phenoxy) is 1. The highest BCUT2D eigenvalue weighted by Gasteiger charge is 2.17. The van der Waals surface area contributed by atoms with Gasteiger partial charge in [-0.25, -0.2) is 5.84 Å². The molecule has 4 N–H and O–H groups in total. The molecule has 1 saturated heterocycles. The van der Waals surface area contributed by atoms with Gasteiger partial charge in [0.2, 0.25) is 17.8 Å². The number of nitrogens with one attached hydrogen (secondary N) is 2. The first-order valence-corrected chi connectivity index (χ1v) is 7.58. The van der Waals surface area contributed by atoms with E-state index in [1.165, 1.54) is 0 Å². The van der Waals surface area contributed by atoms with E-state index in [0.29, 0.717) is 37.1 Å². The zero-order valence-electron chi connectivity index (χ0n) is 12.8. The Balaban J connectivity index is 2.16. The van der Waals surface area contributed by atoms with Gasteiger partial charge in [0.1, 0.15) is 0 Å². The quantitative estimate of drug-likeness (QED) is 0.505. The molecule has 1 fully saturated rings. The lowest BCUT2D eigenvalue weighted by Crippen LogP contribution is -2.38. The smallest absolute Gasteiger partial charge is 0.243 e. The molecule has 0 amide bonds. The fraction of sp³-hybridized carbons (Fsp3) is 0.769. The summed E-state index contributed by atoms with van der Waals surface area (Å²) < 4.78 is 5.35. The van der Waals surface area contributed by atoms with E-state index in [1.54, 1.807) is 0 Å². The number of nitrogens with zero attached hydrogens (tertiary/aromatic N) is 4. The largest absolute Gasteiger partial charge is 0.378 e. The lowest BCUT2D eigenvalue weighted by molar-refractivity contribution is 0.122. The molecule has 0 saturated carbocycles. The van der Waals surface area contributed by atoms with Gasteiger partial charge in [-0.05, 0) is 12.8 Å². The van der Waals surface area contributed by atoms with Crippen molar-refractivity contribution >= 4 is 17.8 Å². The highest BCUT2D eigenvalue weighted by Crippen LogP contribution is 2.16. The summed E-state index contributed by atoms with van der Waals surface area (Å²) in [6.45, 7) is 7.25. The first kappa shape index (κ1) is 15.7. The maximum absolute atomic E-state index is 5.47. The van der Waals surface area contributed by atoms with Crippen molar-refractivity contribution in [2.24, 2.45) is 5.84 Å². The summed E-state index contributed by atoms with van der Waals surface area (Å²) >= 11 is 0. The summed E-state index contributed by atoms with van der Waals surface area (Å²) in [7, 11) is 0. The van der Waals surface area contributed by atoms with Gasteiger partial charge in [-0.2, -0.15) is 15.0 Å². The molecule has 1 aliphatic heterocycles. The molecule has 1 aliphatic rings. The summed E-state index contributed by atoms with van der Waals surface area (Å²) in [4.78, 5) is 15.2. The second kappa shape index (κ2) is 7.94. The number of anilines is 3. The number of hydrazine groups is 1. The molecule has 2 rings (SSSR count). The summed E-state index contributed by atoms with van der Waals surface area (Å²) in [6, 6.07) is 0.362. The minimum Gasteiger partial charge on any atom is -0.378 e. The van der Waals surface area contributed by atoms with Crippen molar-refractivity contribution in [2.75, 3.05) is 41.9 Å². The Hall–Kier alpha value is -1.67. The van der Waals surface area contributed by atoms with Crippen LogP contribution in [0.3, 0.4) is 0 Å². The number of nitrogen functional groups attached to an aromatic ring is 1.